The Kier molecular flexibility index (Phi) is 5.03. The van der Waals surface area contributed by atoms with Crippen molar-refractivity contribution in [2.75, 3.05) is 4.90 Å². The van der Waals surface area contributed by atoms with Crippen LogP contribution in [-0.2, 0) is 6.54 Å². The van der Waals surface area contributed by atoms with E-state index in [0.29, 0.717) is 18.1 Å². The number of pyridine rings is 1. The summed E-state index contributed by atoms with van der Waals surface area (Å²) in [4.78, 5) is 7.13. The molecule has 1 fully saturated rings. The minimum Gasteiger partial charge on any atom is -0.365 e. The minimum absolute atomic E-state index is 0.502. The number of hydrogen-bond donors (Lipinski definition) is 1. The van der Waals surface area contributed by atoms with Crippen molar-refractivity contribution in [3.05, 3.63) is 23.5 Å². The standard InChI is InChI=1S/C17H29N3/c1-6-16-8-7-14(5)20(16)17-9-13(4)19-11-15(17)10-18-12(2)3/h9,11-12,14,16,18H,6-8,10H2,1-5H3. The van der Waals surface area contributed by atoms with Crippen molar-refractivity contribution in [1.82, 2.24) is 10.3 Å². The second kappa shape index (κ2) is 6.57. The summed E-state index contributed by atoms with van der Waals surface area (Å²) in [5, 5.41) is 3.53. The van der Waals surface area contributed by atoms with Crippen LogP contribution in [0.2, 0.25) is 0 Å². The summed E-state index contributed by atoms with van der Waals surface area (Å²) in [6.45, 7) is 12.0. The normalized spacial score (nSPS) is 22.8. The van der Waals surface area contributed by atoms with Crippen molar-refractivity contribution in [2.24, 2.45) is 0 Å². The van der Waals surface area contributed by atoms with Gasteiger partial charge in [-0.05, 0) is 39.2 Å². The van der Waals surface area contributed by atoms with Crippen molar-refractivity contribution in [2.45, 2.75) is 78.6 Å². The Bertz CT molecular complexity index is 442. The Morgan fingerprint density at radius 3 is 2.80 bits per heavy atom. The average Bonchev–Trinajstić information content (AvgIpc) is 2.78. The predicted octanol–water partition coefficient (Wildman–Crippen LogP) is 3.66. The van der Waals surface area contributed by atoms with Crippen LogP contribution >= 0.6 is 0 Å². The van der Waals surface area contributed by atoms with Gasteiger partial charge in [0.05, 0.1) is 0 Å². The summed E-state index contributed by atoms with van der Waals surface area (Å²) < 4.78 is 0. The highest BCUT2D eigenvalue weighted by Crippen LogP contribution is 2.34. The number of aromatic nitrogens is 1. The number of nitrogens with zero attached hydrogens (tertiary/aromatic N) is 2. The van der Waals surface area contributed by atoms with Crippen molar-refractivity contribution >= 4 is 5.69 Å². The van der Waals surface area contributed by atoms with Gasteiger partial charge in [0.1, 0.15) is 0 Å². The lowest BCUT2D eigenvalue weighted by Crippen LogP contribution is -2.35. The molecule has 0 radical (unpaired) electrons. The summed E-state index contributed by atoms with van der Waals surface area (Å²) in [5.74, 6) is 0. The molecule has 1 aromatic rings. The van der Waals surface area contributed by atoms with Crippen molar-refractivity contribution in [3.63, 3.8) is 0 Å². The van der Waals surface area contributed by atoms with Crippen LogP contribution < -0.4 is 10.2 Å². The predicted molar refractivity (Wildman–Crippen MR) is 86.2 cm³/mol. The highest BCUT2D eigenvalue weighted by atomic mass is 15.2. The number of hydrogen-bond acceptors (Lipinski definition) is 3. The van der Waals surface area contributed by atoms with E-state index in [1.807, 2.05) is 0 Å². The van der Waals surface area contributed by atoms with Gasteiger partial charge in [0, 0.05) is 47.8 Å². The summed E-state index contributed by atoms with van der Waals surface area (Å²) >= 11 is 0. The van der Waals surface area contributed by atoms with Gasteiger partial charge in [-0.2, -0.15) is 0 Å². The van der Waals surface area contributed by atoms with Gasteiger partial charge in [-0.1, -0.05) is 20.8 Å². The lowest BCUT2D eigenvalue weighted by Gasteiger charge is -2.32. The van der Waals surface area contributed by atoms with E-state index in [2.05, 4.69) is 62.1 Å². The second-order valence-electron chi connectivity index (χ2n) is 6.39. The SMILES string of the molecule is CCC1CCC(C)N1c1cc(C)ncc1CNC(C)C. The summed E-state index contributed by atoms with van der Waals surface area (Å²) in [6.07, 6.45) is 5.90. The van der Waals surface area contributed by atoms with Gasteiger partial charge in [0.25, 0.3) is 0 Å². The Labute approximate surface area is 123 Å². The zero-order valence-corrected chi connectivity index (χ0v) is 13.6. The number of aryl methyl sites for hydroxylation is 1. The molecular formula is C17H29N3. The fraction of sp³-hybridized carbons (Fsp3) is 0.706. The van der Waals surface area contributed by atoms with E-state index in [1.165, 1.54) is 30.5 Å². The van der Waals surface area contributed by atoms with E-state index in [-0.39, 0.29) is 0 Å². The van der Waals surface area contributed by atoms with Crippen molar-refractivity contribution in [1.29, 1.82) is 0 Å². The molecule has 112 valence electrons. The Hall–Kier alpha value is -1.09. The fourth-order valence-electron chi connectivity index (χ4n) is 3.17. The third-order valence-corrected chi connectivity index (χ3v) is 4.33. The molecule has 3 nitrogen and oxygen atoms in total. The Morgan fingerprint density at radius 1 is 1.40 bits per heavy atom. The number of nitrogens with one attached hydrogen (secondary N) is 1. The molecule has 0 aromatic carbocycles. The first-order valence-corrected chi connectivity index (χ1v) is 8.00. The summed E-state index contributed by atoms with van der Waals surface area (Å²) in [7, 11) is 0. The smallest absolute Gasteiger partial charge is 0.0450 e. The molecule has 1 saturated heterocycles. The third kappa shape index (κ3) is 3.32. The minimum atomic E-state index is 0.502. The topological polar surface area (TPSA) is 28.2 Å². The van der Waals surface area contributed by atoms with Crippen LogP contribution in [0, 0.1) is 6.92 Å². The molecule has 0 aliphatic carbocycles. The van der Waals surface area contributed by atoms with Gasteiger partial charge >= 0.3 is 0 Å². The lowest BCUT2D eigenvalue weighted by atomic mass is 10.1. The van der Waals surface area contributed by atoms with Crippen LogP contribution in [0.25, 0.3) is 0 Å². The molecule has 2 heterocycles. The monoisotopic (exact) mass is 275 g/mol. The van der Waals surface area contributed by atoms with Gasteiger partial charge in [-0.25, -0.2) is 0 Å². The number of anilines is 1. The Balaban J connectivity index is 2.30. The van der Waals surface area contributed by atoms with Crippen LogP contribution in [-0.4, -0.2) is 23.1 Å². The quantitative estimate of drug-likeness (QED) is 0.889. The lowest BCUT2D eigenvalue weighted by molar-refractivity contribution is 0.580. The zero-order chi connectivity index (χ0) is 14.7. The first-order chi connectivity index (χ1) is 9.52. The van der Waals surface area contributed by atoms with Crippen molar-refractivity contribution in [3.8, 4) is 0 Å². The molecular weight excluding hydrogens is 246 g/mol. The Morgan fingerprint density at radius 2 is 2.15 bits per heavy atom. The van der Waals surface area contributed by atoms with Crippen LogP contribution in [0.4, 0.5) is 5.69 Å². The molecule has 1 aliphatic rings. The van der Waals surface area contributed by atoms with Crippen molar-refractivity contribution < 1.29 is 0 Å². The highest BCUT2D eigenvalue weighted by molar-refractivity contribution is 5.56. The molecule has 2 unspecified atom stereocenters. The highest BCUT2D eigenvalue weighted by Gasteiger charge is 2.30. The van der Waals surface area contributed by atoms with E-state index < -0.39 is 0 Å². The van der Waals surface area contributed by atoms with E-state index in [1.54, 1.807) is 0 Å². The second-order valence-corrected chi connectivity index (χ2v) is 6.39. The van der Waals surface area contributed by atoms with Crippen LogP contribution in [0.1, 0.15) is 58.2 Å². The van der Waals surface area contributed by atoms with E-state index in [9.17, 15) is 0 Å². The van der Waals surface area contributed by atoms with Gasteiger partial charge in [-0.15, -0.1) is 0 Å². The molecule has 0 saturated carbocycles. The molecule has 2 atom stereocenters. The largest absolute Gasteiger partial charge is 0.365 e. The maximum absolute atomic E-state index is 4.50. The molecule has 1 N–H and O–H groups in total. The molecule has 0 bridgehead atoms. The van der Waals surface area contributed by atoms with Crippen LogP contribution in [0.3, 0.4) is 0 Å². The third-order valence-electron chi connectivity index (χ3n) is 4.33. The molecule has 1 aliphatic heterocycles. The first kappa shape index (κ1) is 15.3. The first-order valence-electron chi connectivity index (χ1n) is 8.00. The van der Waals surface area contributed by atoms with Crippen LogP contribution in [0.15, 0.2) is 12.3 Å². The zero-order valence-electron chi connectivity index (χ0n) is 13.6. The van der Waals surface area contributed by atoms with Gasteiger partial charge in [0.2, 0.25) is 0 Å². The molecule has 20 heavy (non-hydrogen) atoms. The maximum atomic E-state index is 4.50. The fourth-order valence-corrected chi connectivity index (χ4v) is 3.17. The summed E-state index contributed by atoms with van der Waals surface area (Å²) in [5.41, 5.74) is 3.83. The maximum Gasteiger partial charge on any atom is 0.0450 e. The van der Waals surface area contributed by atoms with E-state index >= 15 is 0 Å². The summed E-state index contributed by atoms with van der Waals surface area (Å²) in [6, 6.07) is 4.09. The number of rotatable bonds is 5. The average molecular weight is 275 g/mol. The van der Waals surface area contributed by atoms with Gasteiger partial charge in [0.15, 0.2) is 0 Å². The van der Waals surface area contributed by atoms with Gasteiger partial charge < -0.3 is 10.2 Å². The molecule has 1 aromatic heterocycles. The molecule has 0 spiro atoms. The van der Waals surface area contributed by atoms with Gasteiger partial charge in [-0.3, -0.25) is 4.98 Å². The van der Waals surface area contributed by atoms with E-state index in [4.69, 9.17) is 0 Å². The molecule has 3 heteroatoms. The van der Waals surface area contributed by atoms with Crippen LogP contribution in [0.5, 0.6) is 0 Å². The van der Waals surface area contributed by atoms with E-state index in [0.717, 1.165) is 12.2 Å². The molecule has 2 rings (SSSR count). The molecule has 0 amide bonds.